The number of nitrogens with zero attached hydrogens (tertiary/aromatic N) is 2. The van der Waals surface area contributed by atoms with Gasteiger partial charge in [-0.1, -0.05) is 32.5 Å². The zero-order valence-corrected chi connectivity index (χ0v) is 16.0. The summed E-state index contributed by atoms with van der Waals surface area (Å²) in [5, 5.41) is 4.17. The second-order valence-corrected chi connectivity index (χ2v) is 8.33. The second kappa shape index (κ2) is 8.22. The Morgan fingerprint density at radius 3 is 2.57 bits per heavy atom. The summed E-state index contributed by atoms with van der Waals surface area (Å²) >= 11 is 1.56. The van der Waals surface area contributed by atoms with E-state index in [1.807, 2.05) is 6.92 Å². The number of aromatic nitrogens is 2. The first-order chi connectivity index (χ1) is 10.9. The van der Waals surface area contributed by atoms with Gasteiger partial charge in [0.15, 0.2) is 5.16 Å². The van der Waals surface area contributed by atoms with Gasteiger partial charge in [0.05, 0.1) is 11.4 Å². The van der Waals surface area contributed by atoms with Crippen LogP contribution in [0.1, 0.15) is 57.8 Å². The summed E-state index contributed by atoms with van der Waals surface area (Å²) in [5.41, 5.74) is 2.28. The summed E-state index contributed by atoms with van der Waals surface area (Å²) in [7, 11) is 0. The van der Waals surface area contributed by atoms with Crippen molar-refractivity contribution in [2.75, 3.05) is 5.75 Å². The van der Waals surface area contributed by atoms with Crippen molar-refractivity contribution in [1.82, 2.24) is 14.9 Å². The van der Waals surface area contributed by atoms with Gasteiger partial charge in [-0.3, -0.25) is 4.79 Å². The van der Waals surface area contributed by atoms with E-state index in [0.717, 1.165) is 36.2 Å². The van der Waals surface area contributed by atoms with E-state index in [0.29, 0.717) is 17.7 Å². The highest BCUT2D eigenvalue weighted by Gasteiger charge is 2.20. The standard InChI is InChI=1S/C18H31N3OS/c1-12(2)10-21-15(5)14(4)19-18(21)23-11-17(22)20-16-8-6-13(3)7-9-16/h12-13,16H,6-11H2,1-5H3,(H,20,22). The fourth-order valence-corrected chi connectivity index (χ4v) is 4.03. The van der Waals surface area contributed by atoms with Crippen LogP contribution < -0.4 is 5.32 Å². The summed E-state index contributed by atoms with van der Waals surface area (Å²) in [4.78, 5) is 16.9. The van der Waals surface area contributed by atoms with Crippen LogP contribution in [0.3, 0.4) is 0 Å². The Morgan fingerprint density at radius 1 is 1.30 bits per heavy atom. The van der Waals surface area contributed by atoms with Gasteiger partial charge < -0.3 is 9.88 Å². The number of carbonyl (C=O) groups is 1. The maximum Gasteiger partial charge on any atom is 0.230 e. The van der Waals surface area contributed by atoms with Crippen molar-refractivity contribution in [3.8, 4) is 0 Å². The van der Waals surface area contributed by atoms with Crippen LogP contribution in [0, 0.1) is 25.7 Å². The number of thioether (sulfide) groups is 1. The van der Waals surface area contributed by atoms with Crippen LogP contribution in [0.25, 0.3) is 0 Å². The van der Waals surface area contributed by atoms with Gasteiger partial charge in [-0.05, 0) is 51.4 Å². The molecule has 1 saturated carbocycles. The first kappa shape index (κ1) is 18.4. The molecule has 0 spiro atoms. The highest BCUT2D eigenvalue weighted by Crippen LogP contribution is 2.25. The number of rotatable bonds is 6. The first-order valence-electron chi connectivity index (χ1n) is 8.82. The van der Waals surface area contributed by atoms with E-state index >= 15 is 0 Å². The first-order valence-corrected chi connectivity index (χ1v) is 9.81. The molecular formula is C18H31N3OS. The fourth-order valence-electron chi connectivity index (χ4n) is 3.12. The summed E-state index contributed by atoms with van der Waals surface area (Å²) in [6, 6.07) is 0.373. The minimum atomic E-state index is 0.143. The third kappa shape index (κ3) is 5.27. The lowest BCUT2D eigenvalue weighted by Gasteiger charge is -2.26. The van der Waals surface area contributed by atoms with E-state index in [4.69, 9.17) is 0 Å². The lowest BCUT2D eigenvalue weighted by molar-refractivity contribution is -0.119. The molecule has 23 heavy (non-hydrogen) atoms. The number of nitrogens with one attached hydrogen (secondary N) is 1. The third-order valence-electron chi connectivity index (χ3n) is 4.68. The molecule has 0 atom stereocenters. The zero-order chi connectivity index (χ0) is 17.0. The van der Waals surface area contributed by atoms with E-state index < -0.39 is 0 Å². The molecule has 1 heterocycles. The highest BCUT2D eigenvalue weighted by atomic mass is 32.2. The van der Waals surface area contributed by atoms with Crippen LogP contribution in [0.15, 0.2) is 5.16 Å². The highest BCUT2D eigenvalue weighted by molar-refractivity contribution is 7.99. The van der Waals surface area contributed by atoms with Gasteiger partial charge in [0.2, 0.25) is 5.91 Å². The molecule has 0 unspecified atom stereocenters. The molecule has 1 fully saturated rings. The van der Waals surface area contributed by atoms with Gasteiger partial charge in [-0.15, -0.1) is 0 Å². The van der Waals surface area contributed by atoms with Crippen molar-refractivity contribution < 1.29 is 4.79 Å². The predicted octanol–water partition coefficient (Wildman–Crippen LogP) is 3.94. The molecule has 5 heteroatoms. The SMILES string of the molecule is Cc1nc(SCC(=O)NC2CCC(C)CC2)n(CC(C)C)c1C. The average Bonchev–Trinajstić information content (AvgIpc) is 2.75. The number of aryl methyl sites for hydroxylation is 1. The van der Waals surface area contributed by atoms with Crippen LogP contribution in [0.4, 0.5) is 0 Å². The number of hydrogen-bond donors (Lipinski definition) is 1. The molecular weight excluding hydrogens is 306 g/mol. The van der Waals surface area contributed by atoms with Crippen molar-refractivity contribution in [1.29, 1.82) is 0 Å². The van der Waals surface area contributed by atoms with E-state index in [2.05, 4.69) is 42.6 Å². The largest absolute Gasteiger partial charge is 0.353 e. The molecule has 0 aliphatic heterocycles. The van der Waals surface area contributed by atoms with Crippen LogP contribution in [-0.4, -0.2) is 27.3 Å². The Balaban J connectivity index is 1.87. The molecule has 0 aromatic carbocycles. The molecule has 0 saturated heterocycles. The van der Waals surface area contributed by atoms with Crippen molar-refractivity contribution in [2.24, 2.45) is 11.8 Å². The van der Waals surface area contributed by atoms with E-state index in [-0.39, 0.29) is 5.91 Å². The molecule has 130 valence electrons. The Hall–Kier alpha value is -0.970. The van der Waals surface area contributed by atoms with Gasteiger partial charge in [-0.2, -0.15) is 0 Å². The van der Waals surface area contributed by atoms with Gasteiger partial charge in [0, 0.05) is 18.3 Å². The lowest BCUT2D eigenvalue weighted by atomic mass is 9.87. The topological polar surface area (TPSA) is 46.9 Å². The molecule has 1 amide bonds. The molecule has 1 aromatic heterocycles. The minimum Gasteiger partial charge on any atom is -0.353 e. The number of amides is 1. The lowest BCUT2D eigenvalue weighted by Crippen LogP contribution is -2.38. The van der Waals surface area contributed by atoms with Crippen molar-refractivity contribution >= 4 is 17.7 Å². The predicted molar refractivity (Wildman–Crippen MR) is 96.8 cm³/mol. The number of hydrogen-bond acceptors (Lipinski definition) is 3. The van der Waals surface area contributed by atoms with Crippen LogP contribution in [0.5, 0.6) is 0 Å². The number of carbonyl (C=O) groups excluding carboxylic acids is 1. The Kier molecular flexibility index (Phi) is 6.57. The van der Waals surface area contributed by atoms with E-state index in [1.165, 1.54) is 18.5 Å². The quantitative estimate of drug-likeness (QED) is 0.800. The molecule has 2 rings (SSSR count). The molecule has 0 radical (unpaired) electrons. The molecule has 0 bridgehead atoms. The Labute approximate surface area is 144 Å². The van der Waals surface area contributed by atoms with E-state index in [9.17, 15) is 4.79 Å². The normalized spacial score (nSPS) is 21.7. The summed E-state index contributed by atoms with van der Waals surface area (Å²) in [6.45, 7) is 11.8. The molecule has 4 nitrogen and oxygen atoms in total. The van der Waals surface area contributed by atoms with E-state index in [1.54, 1.807) is 11.8 Å². The van der Waals surface area contributed by atoms with Crippen LogP contribution >= 0.6 is 11.8 Å². The summed E-state index contributed by atoms with van der Waals surface area (Å²) in [6.07, 6.45) is 4.71. The van der Waals surface area contributed by atoms with Gasteiger partial charge in [0.25, 0.3) is 0 Å². The van der Waals surface area contributed by atoms with Crippen LogP contribution in [-0.2, 0) is 11.3 Å². The maximum absolute atomic E-state index is 12.2. The monoisotopic (exact) mass is 337 g/mol. The summed E-state index contributed by atoms with van der Waals surface area (Å²) < 4.78 is 2.25. The zero-order valence-electron chi connectivity index (χ0n) is 15.2. The molecule has 1 aliphatic rings. The Bertz CT molecular complexity index is 531. The average molecular weight is 338 g/mol. The Morgan fingerprint density at radius 2 is 1.96 bits per heavy atom. The van der Waals surface area contributed by atoms with Gasteiger partial charge in [-0.25, -0.2) is 4.98 Å². The molecule has 1 N–H and O–H groups in total. The minimum absolute atomic E-state index is 0.143. The van der Waals surface area contributed by atoms with Crippen LogP contribution in [0.2, 0.25) is 0 Å². The van der Waals surface area contributed by atoms with Crippen molar-refractivity contribution in [3.63, 3.8) is 0 Å². The smallest absolute Gasteiger partial charge is 0.230 e. The number of imidazole rings is 1. The van der Waals surface area contributed by atoms with Crippen molar-refractivity contribution in [3.05, 3.63) is 11.4 Å². The van der Waals surface area contributed by atoms with Crippen molar-refractivity contribution in [2.45, 2.75) is 78.0 Å². The van der Waals surface area contributed by atoms with Gasteiger partial charge >= 0.3 is 0 Å². The maximum atomic E-state index is 12.2. The molecule has 1 aliphatic carbocycles. The third-order valence-corrected chi connectivity index (χ3v) is 5.66. The molecule has 1 aromatic rings. The second-order valence-electron chi connectivity index (χ2n) is 7.38. The van der Waals surface area contributed by atoms with Gasteiger partial charge in [0.1, 0.15) is 0 Å². The summed E-state index contributed by atoms with van der Waals surface area (Å²) in [5.74, 6) is 1.98. The fraction of sp³-hybridized carbons (Fsp3) is 0.778.